The van der Waals surface area contributed by atoms with Crippen LogP contribution in [0.3, 0.4) is 0 Å². The first-order chi connectivity index (χ1) is 8.36. The van der Waals surface area contributed by atoms with Crippen molar-refractivity contribution >= 4 is 5.71 Å². The minimum Gasteiger partial charge on any atom is -0.276 e. The van der Waals surface area contributed by atoms with E-state index in [0.717, 1.165) is 0 Å². The number of nitrogens with zero attached hydrogens (tertiary/aromatic N) is 1. The van der Waals surface area contributed by atoms with Gasteiger partial charge < -0.3 is 0 Å². The summed E-state index contributed by atoms with van der Waals surface area (Å²) in [7, 11) is 0. The fourth-order valence-corrected chi connectivity index (χ4v) is 3.13. The molecule has 0 N–H and O–H groups in total. The van der Waals surface area contributed by atoms with E-state index in [1.807, 2.05) is 0 Å². The van der Waals surface area contributed by atoms with Gasteiger partial charge in [-0.1, -0.05) is 55.5 Å². The molecule has 0 saturated heterocycles. The van der Waals surface area contributed by atoms with Crippen molar-refractivity contribution in [2.75, 3.05) is 0 Å². The van der Waals surface area contributed by atoms with E-state index in [1.54, 1.807) is 0 Å². The molecule has 0 aliphatic carbocycles. The molecule has 2 atom stereocenters. The van der Waals surface area contributed by atoms with Crippen molar-refractivity contribution in [3.63, 3.8) is 0 Å². The van der Waals surface area contributed by atoms with Gasteiger partial charge in [-0.05, 0) is 16.7 Å². The summed E-state index contributed by atoms with van der Waals surface area (Å²) in [5.41, 5.74) is 6.82. The molecule has 4 rings (SSSR count). The van der Waals surface area contributed by atoms with Crippen molar-refractivity contribution in [1.29, 1.82) is 0 Å². The zero-order valence-corrected chi connectivity index (χ0v) is 9.72. The lowest BCUT2D eigenvalue weighted by molar-refractivity contribution is 0.826. The molecule has 2 aliphatic rings. The zero-order chi connectivity index (χ0) is 11.4. The Labute approximate surface area is 101 Å². The number of benzene rings is 2. The van der Waals surface area contributed by atoms with Gasteiger partial charge in [-0.25, -0.2) is 0 Å². The van der Waals surface area contributed by atoms with Crippen LogP contribution in [-0.4, -0.2) is 5.71 Å². The molecule has 0 aromatic heterocycles. The Bertz CT molecular complexity index is 639. The standard InChI is InChI=1S/C16H13N/c1-10-11-6-2-3-7-12(11)16-14-9-5-4-8-13(14)15(10)17-16/h2-10,16H,1H3. The quantitative estimate of drug-likeness (QED) is 0.640. The summed E-state index contributed by atoms with van der Waals surface area (Å²) in [6.45, 7) is 2.26. The van der Waals surface area contributed by atoms with E-state index in [2.05, 4.69) is 55.5 Å². The molecule has 0 spiro atoms. The first-order valence-electron chi connectivity index (χ1n) is 6.12. The summed E-state index contributed by atoms with van der Waals surface area (Å²) in [5, 5.41) is 0. The maximum absolute atomic E-state index is 4.90. The van der Waals surface area contributed by atoms with Crippen LogP contribution in [0.15, 0.2) is 53.5 Å². The monoisotopic (exact) mass is 219 g/mol. The minimum absolute atomic E-state index is 0.244. The van der Waals surface area contributed by atoms with Gasteiger partial charge in [-0.2, -0.15) is 0 Å². The molecule has 2 aliphatic heterocycles. The first kappa shape index (κ1) is 9.17. The molecular formula is C16H13N. The number of hydrogen-bond donors (Lipinski definition) is 0. The number of hydrogen-bond acceptors (Lipinski definition) is 1. The van der Waals surface area contributed by atoms with Gasteiger partial charge in [0, 0.05) is 11.5 Å². The van der Waals surface area contributed by atoms with Crippen LogP contribution in [0, 0.1) is 0 Å². The van der Waals surface area contributed by atoms with Gasteiger partial charge in [-0.3, -0.25) is 4.99 Å². The van der Waals surface area contributed by atoms with Gasteiger partial charge in [0.05, 0.1) is 5.71 Å². The highest BCUT2D eigenvalue weighted by Crippen LogP contribution is 2.45. The second-order valence-electron chi connectivity index (χ2n) is 4.85. The topological polar surface area (TPSA) is 12.4 Å². The molecular weight excluding hydrogens is 206 g/mol. The summed E-state index contributed by atoms with van der Waals surface area (Å²) in [4.78, 5) is 4.90. The van der Waals surface area contributed by atoms with E-state index >= 15 is 0 Å². The van der Waals surface area contributed by atoms with Gasteiger partial charge in [0.15, 0.2) is 0 Å². The summed E-state index contributed by atoms with van der Waals surface area (Å²) in [5.74, 6) is 0.422. The first-order valence-corrected chi connectivity index (χ1v) is 6.12. The average Bonchev–Trinajstić information content (AvgIpc) is 2.73. The molecule has 17 heavy (non-hydrogen) atoms. The predicted molar refractivity (Wildman–Crippen MR) is 69.7 cm³/mol. The van der Waals surface area contributed by atoms with Gasteiger partial charge >= 0.3 is 0 Å². The Morgan fingerprint density at radius 1 is 0.824 bits per heavy atom. The second kappa shape index (κ2) is 3.07. The van der Waals surface area contributed by atoms with Crippen LogP contribution in [0.5, 0.6) is 0 Å². The van der Waals surface area contributed by atoms with E-state index in [0.29, 0.717) is 5.92 Å². The second-order valence-corrected chi connectivity index (χ2v) is 4.85. The Hall–Kier alpha value is -1.89. The molecule has 2 aromatic rings. The van der Waals surface area contributed by atoms with Gasteiger partial charge in [-0.15, -0.1) is 0 Å². The Morgan fingerprint density at radius 3 is 2.29 bits per heavy atom. The summed E-state index contributed by atoms with van der Waals surface area (Å²) >= 11 is 0. The highest BCUT2D eigenvalue weighted by Gasteiger charge is 2.35. The van der Waals surface area contributed by atoms with Crippen LogP contribution in [0.25, 0.3) is 0 Å². The average molecular weight is 219 g/mol. The maximum Gasteiger partial charge on any atom is 0.101 e. The Kier molecular flexibility index (Phi) is 1.66. The van der Waals surface area contributed by atoms with Gasteiger partial charge in [0.25, 0.3) is 0 Å². The molecule has 0 radical (unpaired) electrons. The van der Waals surface area contributed by atoms with Crippen LogP contribution >= 0.6 is 0 Å². The zero-order valence-electron chi connectivity index (χ0n) is 9.72. The fraction of sp³-hybridized carbons (Fsp3) is 0.188. The largest absolute Gasteiger partial charge is 0.276 e. The molecule has 82 valence electrons. The summed E-state index contributed by atoms with van der Waals surface area (Å²) in [6.07, 6.45) is 0. The van der Waals surface area contributed by atoms with Crippen molar-refractivity contribution in [2.45, 2.75) is 18.9 Å². The maximum atomic E-state index is 4.90. The van der Waals surface area contributed by atoms with Crippen molar-refractivity contribution in [1.82, 2.24) is 0 Å². The van der Waals surface area contributed by atoms with E-state index in [4.69, 9.17) is 4.99 Å². The highest BCUT2D eigenvalue weighted by atomic mass is 14.9. The third kappa shape index (κ3) is 1.06. The third-order valence-electron chi connectivity index (χ3n) is 3.97. The molecule has 2 aromatic carbocycles. The predicted octanol–water partition coefficient (Wildman–Crippen LogP) is 3.70. The van der Waals surface area contributed by atoms with Crippen molar-refractivity contribution < 1.29 is 0 Å². The van der Waals surface area contributed by atoms with Crippen LogP contribution in [0.4, 0.5) is 0 Å². The van der Waals surface area contributed by atoms with E-state index in [-0.39, 0.29) is 6.04 Å². The number of fused-ring (bicyclic) bond motifs is 6. The molecule has 2 bridgehead atoms. The molecule has 1 nitrogen and oxygen atoms in total. The third-order valence-corrected chi connectivity index (χ3v) is 3.97. The molecule has 0 saturated carbocycles. The minimum atomic E-state index is 0.244. The van der Waals surface area contributed by atoms with Crippen molar-refractivity contribution in [3.05, 3.63) is 70.8 Å². The van der Waals surface area contributed by atoms with E-state index in [9.17, 15) is 0 Å². The molecule has 0 amide bonds. The Morgan fingerprint density at radius 2 is 1.47 bits per heavy atom. The lowest BCUT2D eigenvalue weighted by Gasteiger charge is -2.21. The molecule has 2 unspecified atom stereocenters. The van der Waals surface area contributed by atoms with Crippen molar-refractivity contribution in [2.24, 2.45) is 4.99 Å². The van der Waals surface area contributed by atoms with Gasteiger partial charge in [0.1, 0.15) is 6.04 Å². The van der Waals surface area contributed by atoms with Crippen LogP contribution in [0.2, 0.25) is 0 Å². The number of rotatable bonds is 0. The van der Waals surface area contributed by atoms with E-state index in [1.165, 1.54) is 28.0 Å². The lowest BCUT2D eigenvalue weighted by atomic mass is 9.88. The van der Waals surface area contributed by atoms with Crippen LogP contribution < -0.4 is 0 Å². The van der Waals surface area contributed by atoms with E-state index < -0.39 is 0 Å². The lowest BCUT2D eigenvalue weighted by Crippen LogP contribution is -2.13. The number of aliphatic imine (C=N–C) groups is 1. The molecule has 2 heterocycles. The normalized spacial score (nSPS) is 23.9. The Balaban J connectivity index is 2.04. The van der Waals surface area contributed by atoms with Crippen LogP contribution in [-0.2, 0) is 0 Å². The van der Waals surface area contributed by atoms with Crippen molar-refractivity contribution in [3.8, 4) is 0 Å². The summed E-state index contributed by atoms with van der Waals surface area (Å²) in [6, 6.07) is 17.6. The summed E-state index contributed by atoms with van der Waals surface area (Å²) < 4.78 is 0. The SMILES string of the molecule is CC1C2=NC(c3ccccc32)c2ccccc21. The van der Waals surface area contributed by atoms with Crippen LogP contribution in [0.1, 0.15) is 41.1 Å². The molecule has 1 heteroatoms. The molecule has 0 fully saturated rings. The smallest absolute Gasteiger partial charge is 0.101 e. The highest BCUT2D eigenvalue weighted by molar-refractivity contribution is 6.09. The van der Waals surface area contributed by atoms with Gasteiger partial charge in [0.2, 0.25) is 0 Å². The fourth-order valence-electron chi connectivity index (χ4n) is 3.13.